The molecule has 0 aromatic carbocycles. The molecule has 0 aromatic heterocycles. The van der Waals surface area contributed by atoms with Crippen LogP contribution in [0.3, 0.4) is 0 Å². The number of piperazine rings is 1. The lowest BCUT2D eigenvalue weighted by atomic mass is 9.95. The fourth-order valence-electron chi connectivity index (χ4n) is 2.66. The average molecular weight is 268 g/mol. The Labute approximate surface area is 116 Å². The van der Waals surface area contributed by atoms with Gasteiger partial charge < -0.3 is 10.2 Å². The van der Waals surface area contributed by atoms with Crippen molar-refractivity contribution in [2.24, 2.45) is 11.8 Å². The minimum atomic E-state index is -0.332. The van der Waals surface area contributed by atoms with E-state index in [4.69, 9.17) is 0 Å². The first-order chi connectivity index (χ1) is 8.88. The number of hydrogen-bond acceptors (Lipinski definition) is 2. The maximum Gasteiger partial charge on any atom is 0.245 e. The zero-order valence-electron chi connectivity index (χ0n) is 12.9. The zero-order chi connectivity index (χ0) is 14.6. The molecule has 0 radical (unpaired) electrons. The molecule has 0 spiro atoms. The summed E-state index contributed by atoms with van der Waals surface area (Å²) in [6.45, 7) is 11.0. The molecule has 2 amide bonds. The van der Waals surface area contributed by atoms with E-state index in [1.165, 1.54) is 0 Å². The number of rotatable bonds is 6. The van der Waals surface area contributed by atoms with Gasteiger partial charge in [0, 0.05) is 6.54 Å². The molecule has 1 heterocycles. The summed E-state index contributed by atoms with van der Waals surface area (Å²) < 4.78 is 0. The Morgan fingerprint density at radius 1 is 1.21 bits per heavy atom. The lowest BCUT2D eigenvalue weighted by Gasteiger charge is -2.40. The number of amides is 2. The van der Waals surface area contributed by atoms with Crippen LogP contribution >= 0.6 is 0 Å². The highest BCUT2D eigenvalue weighted by Crippen LogP contribution is 2.20. The Balaban J connectivity index is 2.77. The highest BCUT2D eigenvalue weighted by atomic mass is 16.2. The van der Waals surface area contributed by atoms with Crippen molar-refractivity contribution in [2.75, 3.05) is 6.54 Å². The molecular formula is C15H28N2O2. The minimum absolute atomic E-state index is 0.00555. The van der Waals surface area contributed by atoms with Gasteiger partial charge in [0.25, 0.3) is 0 Å². The Hall–Kier alpha value is -1.06. The highest BCUT2D eigenvalue weighted by Gasteiger charge is 2.40. The monoisotopic (exact) mass is 268 g/mol. The number of nitrogens with zero attached hydrogens (tertiary/aromatic N) is 1. The fraction of sp³-hybridized carbons (Fsp3) is 0.867. The summed E-state index contributed by atoms with van der Waals surface area (Å²) in [5.41, 5.74) is 0. The first-order valence-corrected chi connectivity index (χ1v) is 7.49. The van der Waals surface area contributed by atoms with Gasteiger partial charge >= 0.3 is 0 Å². The van der Waals surface area contributed by atoms with Gasteiger partial charge in [-0.25, -0.2) is 0 Å². The summed E-state index contributed by atoms with van der Waals surface area (Å²) in [7, 11) is 0. The average Bonchev–Trinajstić information content (AvgIpc) is 2.31. The van der Waals surface area contributed by atoms with Gasteiger partial charge in [-0.1, -0.05) is 34.6 Å². The normalized spacial score (nSPS) is 24.3. The van der Waals surface area contributed by atoms with E-state index in [0.29, 0.717) is 18.9 Å². The van der Waals surface area contributed by atoms with E-state index < -0.39 is 0 Å². The van der Waals surface area contributed by atoms with E-state index in [1.54, 1.807) is 4.90 Å². The molecule has 1 rings (SSSR count). The van der Waals surface area contributed by atoms with Crippen molar-refractivity contribution in [2.45, 2.75) is 66.0 Å². The second-order valence-corrected chi connectivity index (χ2v) is 6.23. The molecule has 1 saturated heterocycles. The maximum atomic E-state index is 12.4. The van der Waals surface area contributed by atoms with E-state index >= 15 is 0 Å². The summed E-state index contributed by atoms with van der Waals surface area (Å²) in [5, 5.41) is 2.85. The van der Waals surface area contributed by atoms with Crippen LogP contribution in [-0.2, 0) is 9.59 Å². The topological polar surface area (TPSA) is 49.4 Å². The molecule has 1 aliphatic heterocycles. The van der Waals surface area contributed by atoms with Crippen LogP contribution in [0.15, 0.2) is 0 Å². The molecule has 2 atom stereocenters. The van der Waals surface area contributed by atoms with Crippen LogP contribution in [0.1, 0.15) is 53.9 Å². The van der Waals surface area contributed by atoms with Crippen LogP contribution in [-0.4, -0.2) is 35.3 Å². The van der Waals surface area contributed by atoms with E-state index in [9.17, 15) is 9.59 Å². The molecule has 0 saturated carbocycles. The van der Waals surface area contributed by atoms with Crippen molar-refractivity contribution in [3.8, 4) is 0 Å². The fourth-order valence-corrected chi connectivity index (χ4v) is 2.66. The van der Waals surface area contributed by atoms with Crippen LogP contribution in [0.25, 0.3) is 0 Å². The third kappa shape index (κ3) is 3.95. The lowest BCUT2D eigenvalue weighted by molar-refractivity contribution is -0.151. The van der Waals surface area contributed by atoms with Gasteiger partial charge in [-0.3, -0.25) is 9.59 Å². The van der Waals surface area contributed by atoms with Crippen LogP contribution in [0, 0.1) is 11.8 Å². The van der Waals surface area contributed by atoms with Gasteiger partial charge in [-0.15, -0.1) is 0 Å². The second-order valence-electron chi connectivity index (χ2n) is 6.23. The second kappa shape index (κ2) is 6.92. The minimum Gasteiger partial charge on any atom is -0.343 e. The lowest BCUT2D eigenvalue weighted by Crippen LogP contribution is -2.64. The molecule has 1 fully saturated rings. The van der Waals surface area contributed by atoms with E-state index in [0.717, 1.165) is 12.8 Å². The molecular weight excluding hydrogens is 240 g/mol. The van der Waals surface area contributed by atoms with Crippen LogP contribution in [0.4, 0.5) is 0 Å². The van der Waals surface area contributed by atoms with Gasteiger partial charge in [0.1, 0.15) is 12.1 Å². The van der Waals surface area contributed by atoms with E-state index in [2.05, 4.69) is 19.2 Å². The Morgan fingerprint density at radius 3 is 2.32 bits per heavy atom. The quantitative estimate of drug-likeness (QED) is 0.802. The van der Waals surface area contributed by atoms with Crippen molar-refractivity contribution in [3.63, 3.8) is 0 Å². The number of carbonyl (C=O) groups excluding carboxylic acids is 2. The number of nitrogens with one attached hydrogen (secondary N) is 1. The molecule has 1 N–H and O–H groups in total. The Kier molecular flexibility index (Phi) is 5.83. The van der Waals surface area contributed by atoms with Crippen molar-refractivity contribution in [1.82, 2.24) is 10.2 Å². The van der Waals surface area contributed by atoms with Crippen molar-refractivity contribution in [3.05, 3.63) is 0 Å². The first-order valence-electron chi connectivity index (χ1n) is 7.49. The predicted octanol–water partition coefficient (Wildman–Crippen LogP) is 2.18. The molecule has 0 aliphatic carbocycles. The Morgan fingerprint density at radius 2 is 1.84 bits per heavy atom. The standard InChI is InChI=1S/C15H28N2O2/c1-6-12-15(19)17(9-7-8-10(2)3)13(11(4)5)14(18)16-12/h10-13H,6-9H2,1-5H3,(H,16,18). The molecule has 110 valence electrons. The summed E-state index contributed by atoms with van der Waals surface area (Å²) in [4.78, 5) is 26.4. The zero-order valence-corrected chi connectivity index (χ0v) is 12.9. The summed E-state index contributed by atoms with van der Waals surface area (Å²) in [6, 6.07) is -0.635. The molecule has 4 heteroatoms. The number of carbonyl (C=O) groups is 2. The molecule has 1 aliphatic rings. The van der Waals surface area contributed by atoms with Gasteiger partial charge in [-0.2, -0.15) is 0 Å². The largest absolute Gasteiger partial charge is 0.343 e. The SMILES string of the molecule is CCC1NC(=O)C(C(C)C)N(CCCC(C)C)C1=O. The van der Waals surface area contributed by atoms with Crippen LogP contribution in [0.2, 0.25) is 0 Å². The number of hydrogen-bond donors (Lipinski definition) is 1. The van der Waals surface area contributed by atoms with Gasteiger partial charge in [0.15, 0.2) is 0 Å². The Bertz CT molecular complexity index is 326. The molecule has 0 bridgehead atoms. The van der Waals surface area contributed by atoms with Crippen LogP contribution < -0.4 is 5.32 Å². The summed E-state index contributed by atoms with van der Waals surface area (Å²) in [5.74, 6) is 0.879. The molecule has 19 heavy (non-hydrogen) atoms. The third-order valence-corrected chi connectivity index (χ3v) is 3.72. The van der Waals surface area contributed by atoms with Crippen molar-refractivity contribution < 1.29 is 9.59 Å². The van der Waals surface area contributed by atoms with Crippen LogP contribution in [0.5, 0.6) is 0 Å². The van der Waals surface area contributed by atoms with Gasteiger partial charge in [0.2, 0.25) is 11.8 Å². The van der Waals surface area contributed by atoms with Crippen molar-refractivity contribution in [1.29, 1.82) is 0 Å². The van der Waals surface area contributed by atoms with Gasteiger partial charge in [0.05, 0.1) is 0 Å². The van der Waals surface area contributed by atoms with Gasteiger partial charge in [-0.05, 0) is 31.1 Å². The first kappa shape index (κ1) is 16.0. The summed E-state index contributed by atoms with van der Waals surface area (Å²) in [6.07, 6.45) is 2.72. The van der Waals surface area contributed by atoms with E-state index in [-0.39, 0.29) is 29.8 Å². The summed E-state index contributed by atoms with van der Waals surface area (Å²) >= 11 is 0. The smallest absolute Gasteiger partial charge is 0.245 e. The third-order valence-electron chi connectivity index (χ3n) is 3.72. The van der Waals surface area contributed by atoms with Crippen molar-refractivity contribution >= 4 is 11.8 Å². The molecule has 2 unspecified atom stereocenters. The molecule has 4 nitrogen and oxygen atoms in total. The maximum absolute atomic E-state index is 12.4. The highest BCUT2D eigenvalue weighted by molar-refractivity contribution is 5.97. The van der Waals surface area contributed by atoms with E-state index in [1.807, 2.05) is 20.8 Å². The molecule has 0 aromatic rings. The predicted molar refractivity (Wildman–Crippen MR) is 76.6 cm³/mol.